The summed E-state index contributed by atoms with van der Waals surface area (Å²) in [6.45, 7) is 8.87. The Kier molecular flexibility index (Phi) is 6.24. The van der Waals surface area contributed by atoms with Gasteiger partial charge in [-0.2, -0.15) is 0 Å². The van der Waals surface area contributed by atoms with Gasteiger partial charge in [0.2, 0.25) is 5.91 Å². The van der Waals surface area contributed by atoms with Crippen LogP contribution < -0.4 is 5.32 Å². The SMILES string of the molecule is CC(C)c1ccc(CN(C)C(=O)C2(C)CCNC2)cc1.Cl. The van der Waals surface area contributed by atoms with Crippen LogP contribution in [0.15, 0.2) is 24.3 Å². The van der Waals surface area contributed by atoms with Crippen molar-refractivity contribution in [3.8, 4) is 0 Å². The summed E-state index contributed by atoms with van der Waals surface area (Å²) in [6, 6.07) is 8.59. The minimum Gasteiger partial charge on any atom is -0.341 e. The highest BCUT2D eigenvalue weighted by molar-refractivity contribution is 5.85. The second kappa shape index (κ2) is 7.28. The lowest BCUT2D eigenvalue weighted by Crippen LogP contribution is -2.41. The van der Waals surface area contributed by atoms with Gasteiger partial charge >= 0.3 is 0 Å². The van der Waals surface area contributed by atoms with Crippen LogP contribution in [-0.2, 0) is 11.3 Å². The molecule has 0 radical (unpaired) electrons. The van der Waals surface area contributed by atoms with Crippen LogP contribution in [0.5, 0.6) is 0 Å². The molecule has 118 valence electrons. The van der Waals surface area contributed by atoms with Crippen LogP contribution >= 0.6 is 12.4 Å². The fraction of sp³-hybridized carbons (Fsp3) is 0.588. The van der Waals surface area contributed by atoms with E-state index < -0.39 is 0 Å². The molecule has 3 nitrogen and oxygen atoms in total. The molecular weight excluding hydrogens is 284 g/mol. The number of carbonyl (C=O) groups is 1. The Morgan fingerprint density at radius 1 is 1.33 bits per heavy atom. The summed E-state index contributed by atoms with van der Waals surface area (Å²) in [5.41, 5.74) is 2.31. The molecule has 1 aliphatic heterocycles. The fourth-order valence-corrected chi connectivity index (χ4v) is 2.81. The van der Waals surface area contributed by atoms with Crippen molar-refractivity contribution in [3.63, 3.8) is 0 Å². The van der Waals surface area contributed by atoms with Gasteiger partial charge in [0.25, 0.3) is 0 Å². The fourth-order valence-electron chi connectivity index (χ4n) is 2.81. The normalized spacial score (nSPS) is 21.2. The second-order valence-electron chi connectivity index (χ2n) is 6.54. The Balaban J connectivity index is 0.00000220. The third-order valence-electron chi connectivity index (χ3n) is 4.30. The van der Waals surface area contributed by atoms with E-state index in [0.29, 0.717) is 12.5 Å². The van der Waals surface area contributed by atoms with Gasteiger partial charge in [0.1, 0.15) is 0 Å². The Bertz CT molecular complexity index is 464. The predicted molar refractivity (Wildman–Crippen MR) is 89.8 cm³/mol. The smallest absolute Gasteiger partial charge is 0.229 e. The summed E-state index contributed by atoms with van der Waals surface area (Å²) in [6.07, 6.45) is 0.933. The average molecular weight is 311 g/mol. The number of nitrogens with one attached hydrogen (secondary N) is 1. The lowest BCUT2D eigenvalue weighted by molar-refractivity contribution is -0.139. The molecule has 1 aromatic rings. The third kappa shape index (κ3) is 4.21. The molecule has 1 unspecified atom stereocenters. The summed E-state index contributed by atoms with van der Waals surface area (Å²) in [5, 5.41) is 3.28. The predicted octanol–water partition coefficient (Wildman–Crippen LogP) is 3.19. The summed E-state index contributed by atoms with van der Waals surface area (Å²) < 4.78 is 0. The van der Waals surface area contributed by atoms with Crippen molar-refractivity contribution in [1.29, 1.82) is 0 Å². The molecule has 0 saturated carbocycles. The molecule has 0 aromatic heterocycles. The molecule has 4 heteroatoms. The van der Waals surface area contributed by atoms with Crippen LogP contribution in [-0.4, -0.2) is 30.9 Å². The first-order valence-corrected chi connectivity index (χ1v) is 7.47. The molecule has 2 rings (SSSR count). The Labute approximate surface area is 134 Å². The maximum atomic E-state index is 12.5. The minimum atomic E-state index is -0.230. The monoisotopic (exact) mass is 310 g/mol. The molecule has 1 aromatic carbocycles. The van der Waals surface area contributed by atoms with Gasteiger partial charge in [-0.25, -0.2) is 0 Å². The van der Waals surface area contributed by atoms with Gasteiger partial charge in [-0.15, -0.1) is 12.4 Å². The van der Waals surface area contributed by atoms with E-state index in [2.05, 4.69) is 50.4 Å². The maximum absolute atomic E-state index is 12.5. The second-order valence-corrected chi connectivity index (χ2v) is 6.54. The van der Waals surface area contributed by atoms with Crippen LogP contribution in [0.25, 0.3) is 0 Å². The van der Waals surface area contributed by atoms with Gasteiger partial charge in [-0.1, -0.05) is 38.1 Å². The van der Waals surface area contributed by atoms with E-state index in [4.69, 9.17) is 0 Å². The van der Waals surface area contributed by atoms with Crippen molar-refractivity contribution in [3.05, 3.63) is 35.4 Å². The van der Waals surface area contributed by atoms with E-state index in [1.807, 2.05) is 11.9 Å². The van der Waals surface area contributed by atoms with Gasteiger partial charge < -0.3 is 10.2 Å². The van der Waals surface area contributed by atoms with Gasteiger partial charge in [0.15, 0.2) is 0 Å². The number of hydrogen-bond acceptors (Lipinski definition) is 2. The topological polar surface area (TPSA) is 32.3 Å². The molecule has 1 aliphatic rings. The Hall–Kier alpha value is -1.06. The van der Waals surface area contributed by atoms with E-state index >= 15 is 0 Å². The number of hydrogen-bond donors (Lipinski definition) is 1. The van der Waals surface area contributed by atoms with Gasteiger partial charge in [0.05, 0.1) is 5.41 Å². The number of carbonyl (C=O) groups excluding carboxylic acids is 1. The molecule has 0 spiro atoms. The first kappa shape index (κ1) is 18.0. The van der Waals surface area contributed by atoms with Crippen LogP contribution in [0.2, 0.25) is 0 Å². The van der Waals surface area contributed by atoms with Gasteiger partial charge in [-0.05, 0) is 36.9 Å². The quantitative estimate of drug-likeness (QED) is 0.926. The number of benzene rings is 1. The third-order valence-corrected chi connectivity index (χ3v) is 4.30. The molecule has 21 heavy (non-hydrogen) atoms. The summed E-state index contributed by atoms with van der Waals surface area (Å²) in [4.78, 5) is 14.4. The number of amides is 1. The molecule has 1 atom stereocenters. The summed E-state index contributed by atoms with van der Waals surface area (Å²) in [7, 11) is 1.91. The number of halogens is 1. The van der Waals surface area contributed by atoms with Crippen molar-refractivity contribution in [1.82, 2.24) is 10.2 Å². The van der Waals surface area contributed by atoms with Crippen molar-refractivity contribution >= 4 is 18.3 Å². The zero-order valence-electron chi connectivity index (χ0n) is 13.5. The lowest BCUT2D eigenvalue weighted by Gasteiger charge is -2.28. The highest BCUT2D eigenvalue weighted by Crippen LogP contribution is 2.27. The van der Waals surface area contributed by atoms with Crippen molar-refractivity contribution < 1.29 is 4.79 Å². The highest BCUT2D eigenvalue weighted by Gasteiger charge is 2.38. The van der Waals surface area contributed by atoms with Crippen molar-refractivity contribution in [2.45, 2.75) is 39.7 Å². The van der Waals surface area contributed by atoms with Crippen LogP contribution in [0.3, 0.4) is 0 Å². The van der Waals surface area contributed by atoms with Crippen LogP contribution in [0.4, 0.5) is 0 Å². The standard InChI is InChI=1S/C17H26N2O.ClH/c1-13(2)15-7-5-14(6-8-15)11-19(4)16(20)17(3)9-10-18-12-17;/h5-8,13,18H,9-12H2,1-4H3;1H. The summed E-state index contributed by atoms with van der Waals surface area (Å²) in [5.74, 6) is 0.794. The van der Waals surface area contributed by atoms with E-state index in [0.717, 1.165) is 19.5 Å². The Morgan fingerprint density at radius 3 is 2.43 bits per heavy atom. The molecule has 1 fully saturated rings. The minimum absolute atomic E-state index is 0. The largest absolute Gasteiger partial charge is 0.341 e. The molecule has 0 bridgehead atoms. The molecular formula is C17H27ClN2O. The molecule has 1 N–H and O–H groups in total. The highest BCUT2D eigenvalue weighted by atomic mass is 35.5. The average Bonchev–Trinajstić information content (AvgIpc) is 2.86. The molecule has 1 saturated heterocycles. The van der Waals surface area contributed by atoms with Crippen LogP contribution in [0, 0.1) is 5.41 Å². The van der Waals surface area contributed by atoms with E-state index in [-0.39, 0.29) is 23.7 Å². The van der Waals surface area contributed by atoms with Gasteiger partial charge in [-0.3, -0.25) is 4.79 Å². The van der Waals surface area contributed by atoms with E-state index in [1.165, 1.54) is 11.1 Å². The number of rotatable bonds is 4. The zero-order chi connectivity index (χ0) is 14.8. The van der Waals surface area contributed by atoms with E-state index in [9.17, 15) is 4.79 Å². The molecule has 1 heterocycles. The first-order valence-electron chi connectivity index (χ1n) is 7.47. The first-order chi connectivity index (χ1) is 9.42. The maximum Gasteiger partial charge on any atom is 0.229 e. The summed E-state index contributed by atoms with van der Waals surface area (Å²) >= 11 is 0. The van der Waals surface area contributed by atoms with Crippen molar-refractivity contribution in [2.75, 3.05) is 20.1 Å². The zero-order valence-corrected chi connectivity index (χ0v) is 14.3. The molecule has 0 aliphatic carbocycles. The Morgan fingerprint density at radius 2 is 1.95 bits per heavy atom. The lowest BCUT2D eigenvalue weighted by atomic mass is 9.88. The van der Waals surface area contributed by atoms with Crippen molar-refractivity contribution in [2.24, 2.45) is 5.41 Å². The molecule has 1 amide bonds. The van der Waals surface area contributed by atoms with Crippen LogP contribution in [0.1, 0.15) is 44.2 Å². The number of nitrogens with zero attached hydrogens (tertiary/aromatic N) is 1. The van der Waals surface area contributed by atoms with Gasteiger partial charge in [0, 0.05) is 20.1 Å². The van der Waals surface area contributed by atoms with E-state index in [1.54, 1.807) is 0 Å².